The van der Waals surface area contributed by atoms with Gasteiger partial charge < -0.3 is 15.2 Å². The van der Waals surface area contributed by atoms with Gasteiger partial charge in [0.05, 0.1) is 29.8 Å². The number of nitrogens with zero attached hydrogens (tertiary/aromatic N) is 4. The molecular formula is C27H27N5O3. The van der Waals surface area contributed by atoms with Crippen LogP contribution in [0.25, 0.3) is 28.0 Å². The molecule has 4 unspecified atom stereocenters. The molecule has 8 nitrogen and oxygen atoms in total. The van der Waals surface area contributed by atoms with Crippen molar-refractivity contribution in [2.75, 3.05) is 6.61 Å². The highest BCUT2D eigenvalue weighted by Crippen LogP contribution is 2.45. The van der Waals surface area contributed by atoms with E-state index in [4.69, 9.17) is 14.8 Å². The van der Waals surface area contributed by atoms with Crippen LogP contribution >= 0.6 is 0 Å². The standard InChI is InChI=1S/C27H27N5O3/c1-2-35-27(34)23-18-6-7-20(23)30-21(15-18)22-10-13-29-26-24(17-4-3-5-19(33)14-17)25(31-32(22)26)16-8-11-28-12-9-16/h3-5,8-14,18,20-21,23,30,33H,2,6-7,15H2,1H3. The molecule has 0 amide bonds. The molecule has 1 saturated carbocycles. The lowest BCUT2D eigenvalue weighted by Crippen LogP contribution is -2.46. The second kappa shape index (κ2) is 8.78. The van der Waals surface area contributed by atoms with Crippen LogP contribution in [0.2, 0.25) is 0 Å². The summed E-state index contributed by atoms with van der Waals surface area (Å²) in [7, 11) is 0. The molecule has 178 valence electrons. The van der Waals surface area contributed by atoms with Gasteiger partial charge >= 0.3 is 5.97 Å². The molecule has 1 aromatic carbocycles. The molecule has 2 N–H and O–H groups in total. The lowest BCUT2D eigenvalue weighted by atomic mass is 9.83. The molecule has 3 aromatic heterocycles. The molecule has 0 spiro atoms. The van der Waals surface area contributed by atoms with Crippen LogP contribution in [0.15, 0.2) is 61.1 Å². The van der Waals surface area contributed by atoms with Gasteiger partial charge in [-0.25, -0.2) is 9.50 Å². The Morgan fingerprint density at radius 1 is 1.14 bits per heavy atom. The second-order valence-corrected chi connectivity index (χ2v) is 9.29. The summed E-state index contributed by atoms with van der Waals surface area (Å²) in [5.41, 5.74) is 5.14. The fraction of sp³-hybridized carbons (Fsp3) is 0.333. The third kappa shape index (κ3) is 3.74. The summed E-state index contributed by atoms with van der Waals surface area (Å²) in [4.78, 5) is 21.5. The summed E-state index contributed by atoms with van der Waals surface area (Å²) in [5, 5.41) is 18.9. The normalized spacial score (nSPS) is 23.5. The van der Waals surface area contributed by atoms with Crippen LogP contribution in [0, 0.1) is 11.8 Å². The van der Waals surface area contributed by atoms with E-state index in [2.05, 4.69) is 10.3 Å². The molecule has 2 aliphatic rings. The van der Waals surface area contributed by atoms with Crippen molar-refractivity contribution in [3.05, 3.63) is 66.7 Å². The lowest BCUT2D eigenvalue weighted by Gasteiger charge is -2.35. The molecule has 1 aliphatic heterocycles. The predicted octanol–water partition coefficient (Wildman–Crippen LogP) is 4.16. The van der Waals surface area contributed by atoms with Gasteiger partial charge in [0.2, 0.25) is 0 Å². The molecule has 35 heavy (non-hydrogen) atoms. The lowest BCUT2D eigenvalue weighted by molar-refractivity contribution is -0.151. The Morgan fingerprint density at radius 3 is 2.77 bits per heavy atom. The van der Waals surface area contributed by atoms with Gasteiger partial charge in [-0.05, 0) is 68.0 Å². The summed E-state index contributed by atoms with van der Waals surface area (Å²) < 4.78 is 7.28. The van der Waals surface area contributed by atoms with Crippen molar-refractivity contribution in [2.24, 2.45) is 11.8 Å². The molecular weight excluding hydrogens is 442 g/mol. The number of nitrogens with one attached hydrogen (secondary N) is 1. The Morgan fingerprint density at radius 2 is 2.00 bits per heavy atom. The molecule has 1 saturated heterocycles. The summed E-state index contributed by atoms with van der Waals surface area (Å²) in [6, 6.07) is 13.2. The first-order valence-corrected chi connectivity index (χ1v) is 12.1. The van der Waals surface area contributed by atoms with Crippen LogP contribution in [0.1, 0.15) is 37.9 Å². The topological polar surface area (TPSA) is 102 Å². The van der Waals surface area contributed by atoms with E-state index in [0.717, 1.165) is 53.0 Å². The van der Waals surface area contributed by atoms with E-state index in [9.17, 15) is 9.90 Å². The number of pyridine rings is 1. The van der Waals surface area contributed by atoms with Crippen molar-refractivity contribution in [2.45, 2.75) is 38.3 Å². The SMILES string of the molecule is CCOC(=O)C1C2CCC1NC(c1ccnc3c(-c4cccc(O)c4)c(-c4ccncc4)nn13)C2. The van der Waals surface area contributed by atoms with Gasteiger partial charge in [0.1, 0.15) is 11.4 Å². The average molecular weight is 470 g/mol. The summed E-state index contributed by atoms with van der Waals surface area (Å²) >= 11 is 0. The number of aromatic hydroxyl groups is 1. The molecule has 1 aliphatic carbocycles. The van der Waals surface area contributed by atoms with E-state index >= 15 is 0 Å². The Balaban J connectivity index is 1.46. The summed E-state index contributed by atoms with van der Waals surface area (Å²) in [5.74, 6) is 0.302. The van der Waals surface area contributed by atoms with E-state index in [-0.39, 0.29) is 35.6 Å². The van der Waals surface area contributed by atoms with Gasteiger partial charge in [-0.3, -0.25) is 9.78 Å². The highest BCUT2D eigenvalue weighted by atomic mass is 16.5. The summed E-state index contributed by atoms with van der Waals surface area (Å²) in [6.45, 7) is 2.26. The number of piperidine rings is 1. The molecule has 4 atom stereocenters. The first kappa shape index (κ1) is 21.7. The van der Waals surface area contributed by atoms with E-state index in [0.29, 0.717) is 6.61 Å². The minimum Gasteiger partial charge on any atom is -0.508 e. The minimum atomic E-state index is -0.0870. The monoisotopic (exact) mass is 469 g/mol. The van der Waals surface area contributed by atoms with Crippen LogP contribution in [-0.2, 0) is 9.53 Å². The summed E-state index contributed by atoms with van der Waals surface area (Å²) in [6.07, 6.45) is 8.13. The molecule has 2 fully saturated rings. The zero-order chi connectivity index (χ0) is 23.9. The Hall–Kier alpha value is -3.78. The van der Waals surface area contributed by atoms with Gasteiger partial charge in [-0.1, -0.05) is 12.1 Å². The van der Waals surface area contributed by atoms with Gasteiger partial charge in [0.15, 0.2) is 5.65 Å². The molecule has 2 bridgehead atoms. The van der Waals surface area contributed by atoms with Crippen molar-refractivity contribution >= 4 is 11.6 Å². The first-order valence-electron chi connectivity index (χ1n) is 12.1. The largest absolute Gasteiger partial charge is 0.508 e. The number of carbonyl (C=O) groups is 1. The average Bonchev–Trinajstić information content (AvgIpc) is 3.39. The van der Waals surface area contributed by atoms with Crippen molar-refractivity contribution in [1.29, 1.82) is 0 Å². The first-order chi connectivity index (χ1) is 17.1. The number of phenolic OH excluding ortho intramolecular Hbond substituents is 1. The maximum absolute atomic E-state index is 12.6. The number of phenols is 1. The Labute approximate surface area is 203 Å². The number of carbonyl (C=O) groups excluding carboxylic acids is 1. The Bertz CT molecular complexity index is 1370. The van der Waals surface area contributed by atoms with Gasteiger partial charge in [-0.15, -0.1) is 0 Å². The van der Waals surface area contributed by atoms with Crippen LogP contribution in [-0.4, -0.2) is 43.3 Å². The predicted molar refractivity (Wildman–Crippen MR) is 130 cm³/mol. The fourth-order valence-corrected chi connectivity index (χ4v) is 5.83. The van der Waals surface area contributed by atoms with E-state index in [1.807, 2.05) is 48.0 Å². The quantitative estimate of drug-likeness (QED) is 0.423. The minimum absolute atomic E-state index is 0.0471. The van der Waals surface area contributed by atoms with Gasteiger partial charge in [-0.2, -0.15) is 5.10 Å². The molecule has 6 rings (SSSR count). The smallest absolute Gasteiger partial charge is 0.310 e. The molecule has 4 heterocycles. The van der Waals surface area contributed by atoms with Crippen LogP contribution < -0.4 is 5.32 Å². The number of fused-ring (bicyclic) bond motifs is 3. The van der Waals surface area contributed by atoms with Crippen molar-refractivity contribution in [3.8, 4) is 28.1 Å². The van der Waals surface area contributed by atoms with Crippen molar-refractivity contribution in [1.82, 2.24) is 24.9 Å². The molecule has 4 aromatic rings. The number of ether oxygens (including phenoxy) is 1. The maximum Gasteiger partial charge on any atom is 0.310 e. The second-order valence-electron chi connectivity index (χ2n) is 9.29. The fourth-order valence-electron chi connectivity index (χ4n) is 5.83. The maximum atomic E-state index is 12.6. The number of esters is 1. The number of hydrogen-bond acceptors (Lipinski definition) is 7. The van der Waals surface area contributed by atoms with E-state index in [1.165, 1.54) is 0 Å². The third-order valence-electron chi connectivity index (χ3n) is 7.30. The van der Waals surface area contributed by atoms with Gasteiger partial charge in [0, 0.05) is 30.2 Å². The molecule has 0 radical (unpaired) electrons. The number of aromatic nitrogens is 4. The van der Waals surface area contributed by atoms with Crippen LogP contribution in [0.3, 0.4) is 0 Å². The van der Waals surface area contributed by atoms with Crippen LogP contribution in [0.4, 0.5) is 0 Å². The van der Waals surface area contributed by atoms with Crippen molar-refractivity contribution in [3.63, 3.8) is 0 Å². The molecule has 8 heteroatoms. The highest BCUT2D eigenvalue weighted by molar-refractivity contribution is 5.90. The third-order valence-corrected chi connectivity index (χ3v) is 7.30. The zero-order valence-electron chi connectivity index (χ0n) is 19.5. The van der Waals surface area contributed by atoms with Gasteiger partial charge in [0.25, 0.3) is 0 Å². The zero-order valence-corrected chi connectivity index (χ0v) is 19.5. The van der Waals surface area contributed by atoms with E-state index in [1.54, 1.807) is 24.5 Å². The number of rotatable bonds is 5. The highest BCUT2D eigenvalue weighted by Gasteiger charge is 2.47. The Kier molecular flexibility index (Phi) is 5.45. The van der Waals surface area contributed by atoms with Crippen molar-refractivity contribution < 1.29 is 14.6 Å². The van der Waals surface area contributed by atoms with E-state index < -0.39 is 0 Å². The van der Waals surface area contributed by atoms with Crippen LogP contribution in [0.5, 0.6) is 5.75 Å². The number of hydrogen-bond donors (Lipinski definition) is 2. The number of benzene rings is 1.